The molecular formula is C22H28N2O4. The number of rotatable bonds is 8. The number of ether oxygens (including phenoxy) is 3. The number of aliphatic hydroxyl groups excluding tert-OH is 1. The van der Waals surface area contributed by atoms with Gasteiger partial charge in [0.1, 0.15) is 18.5 Å². The van der Waals surface area contributed by atoms with Gasteiger partial charge in [-0.1, -0.05) is 30.3 Å². The van der Waals surface area contributed by atoms with Crippen LogP contribution in [-0.4, -0.2) is 55.2 Å². The molecule has 28 heavy (non-hydrogen) atoms. The zero-order chi connectivity index (χ0) is 19.2. The van der Waals surface area contributed by atoms with Gasteiger partial charge in [0.15, 0.2) is 11.5 Å². The minimum absolute atomic E-state index is 0.246. The molecule has 6 heteroatoms. The number of hydrogen-bond donors (Lipinski definition) is 2. The van der Waals surface area contributed by atoms with Gasteiger partial charge in [-0.3, -0.25) is 4.90 Å². The van der Waals surface area contributed by atoms with Gasteiger partial charge >= 0.3 is 0 Å². The van der Waals surface area contributed by atoms with Crippen molar-refractivity contribution < 1.29 is 19.3 Å². The second kappa shape index (κ2) is 9.28. The van der Waals surface area contributed by atoms with Crippen LogP contribution in [0.15, 0.2) is 48.5 Å². The van der Waals surface area contributed by atoms with Crippen molar-refractivity contribution in [3.63, 3.8) is 0 Å². The second-order valence-corrected chi connectivity index (χ2v) is 7.42. The topological polar surface area (TPSA) is 63.2 Å². The maximum absolute atomic E-state index is 10.2. The molecule has 150 valence electrons. The SMILES string of the molecule is O[C@@H](CNC1CCN(Cc2ccccc2)CC1)COc1ccc2c(c1)OCO2. The molecule has 0 radical (unpaired) electrons. The third-order valence-corrected chi connectivity index (χ3v) is 5.27. The first kappa shape index (κ1) is 19.1. The molecule has 1 atom stereocenters. The Morgan fingerprint density at radius 2 is 1.86 bits per heavy atom. The van der Waals surface area contributed by atoms with Crippen LogP contribution < -0.4 is 19.5 Å². The predicted molar refractivity (Wildman–Crippen MR) is 107 cm³/mol. The summed E-state index contributed by atoms with van der Waals surface area (Å²) in [6.07, 6.45) is 1.65. The molecule has 0 spiro atoms. The number of piperidine rings is 1. The van der Waals surface area contributed by atoms with Gasteiger partial charge in [0.05, 0.1) is 0 Å². The highest BCUT2D eigenvalue weighted by atomic mass is 16.7. The van der Waals surface area contributed by atoms with Crippen molar-refractivity contribution >= 4 is 0 Å². The summed E-state index contributed by atoms with van der Waals surface area (Å²) in [7, 11) is 0. The zero-order valence-corrected chi connectivity index (χ0v) is 16.0. The van der Waals surface area contributed by atoms with Gasteiger partial charge in [-0.25, -0.2) is 0 Å². The quantitative estimate of drug-likeness (QED) is 0.729. The fourth-order valence-electron chi connectivity index (χ4n) is 3.66. The first-order valence-electron chi connectivity index (χ1n) is 9.96. The molecule has 0 saturated carbocycles. The summed E-state index contributed by atoms with van der Waals surface area (Å²) in [6.45, 7) is 4.20. The molecule has 0 unspecified atom stereocenters. The average molecular weight is 384 g/mol. The molecule has 1 saturated heterocycles. The van der Waals surface area contributed by atoms with E-state index >= 15 is 0 Å². The molecule has 0 amide bonds. The van der Waals surface area contributed by atoms with E-state index < -0.39 is 6.10 Å². The molecule has 0 bridgehead atoms. The largest absolute Gasteiger partial charge is 0.491 e. The van der Waals surface area contributed by atoms with Crippen molar-refractivity contribution in [2.45, 2.75) is 31.5 Å². The summed E-state index contributed by atoms with van der Waals surface area (Å²) < 4.78 is 16.3. The van der Waals surface area contributed by atoms with Crippen LogP contribution >= 0.6 is 0 Å². The minimum atomic E-state index is -0.548. The Bertz CT molecular complexity index is 747. The Hall–Kier alpha value is -2.28. The third kappa shape index (κ3) is 5.16. The van der Waals surface area contributed by atoms with E-state index in [2.05, 4.69) is 40.5 Å². The summed E-state index contributed by atoms with van der Waals surface area (Å²) >= 11 is 0. The minimum Gasteiger partial charge on any atom is -0.491 e. The lowest BCUT2D eigenvalue weighted by Crippen LogP contribution is -2.45. The number of nitrogens with zero attached hydrogens (tertiary/aromatic N) is 1. The van der Waals surface area contributed by atoms with Crippen LogP contribution in [-0.2, 0) is 6.54 Å². The maximum atomic E-state index is 10.2. The lowest BCUT2D eigenvalue weighted by atomic mass is 10.0. The van der Waals surface area contributed by atoms with E-state index in [4.69, 9.17) is 14.2 Å². The van der Waals surface area contributed by atoms with Crippen LogP contribution in [0.3, 0.4) is 0 Å². The van der Waals surface area contributed by atoms with E-state index in [1.807, 2.05) is 12.1 Å². The Kier molecular flexibility index (Phi) is 6.31. The predicted octanol–water partition coefficient (Wildman–Crippen LogP) is 2.41. The fraction of sp³-hybridized carbons (Fsp3) is 0.455. The van der Waals surface area contributed by atoms with E-state index in [-0.39, 0.29) is 13.4 Å². The van der Waals surface area contributed by atoms with Gasteiger partial charge in [0.25, 0.3) is 0 Å². The normalized spacial score (nSPS) is 18.2. The van der Waals surface area contributed by atoms with E-state index in [0.717, 1.165) is 38.2 Å². The molecule has 0 aromatic heterocycles. The van der Waals surface area contributed by atoms with Crippen LogP contribution in [0.2, 0.25) is 0 Å². The van der Waals surface area contributed by atoms with Crippen LogP contribution in [0.1, 0.15) is 18.4 Å². The summed E-state index contributed by atoms with van der Waals surface area (Å²) in [5, 5.41) is 13.7. The molecule has 2 aliphatic heterocycles. The van der Waals surface area contributed by atoms with Crippen molar-refractivity contribution in [3.8, 4) is 17.2 Å². The van der Waals surface area contributed by atoms with Gasteiger partial charge in [0.2, 0.25) is 6.79 Å². The number of likely N-dealkylation sites (tertiary alicyclic amines) is 1. The van der Waals surface area contributed by atoms with Crippen LogP contribution in [0.25, 0.3) is 0 Å². The van der Waals surface area contributed by atoms with Crippen molar-refractivity contribution in [1.29, 1.82) is 0 Å². The Labute approximate surface area is 166 Å². The van der Waals surface area contributed by atoms with Gasteiger partial charge in [-0.15, -0.1) is 0 Å². The smallest absolute Gasteiger partial charge is 0.231 e. The van der Waals surface area contributed by atoms with E-state index in [1.54, 1.807) is 6.07 Å². The standard InChI is InChI=1S/C22H28N2O4/c25-19(15-26-20-6-7-21-22(12-20)28-16-27-21)13-23-18-8-10-24(11-9-18)14-17-4-2-1-3-5-17/h1-7,12,18-19,23,25H,8-11,13-16H2/t19-/m0/s1. The van der Waals surface area contributed by atoms with E-state index in [9.17, 15) is 5.11 Å². The second-order valence-electron chi connectivity index (χ2n) is 7.42. The van der Waals surface area contributed by atoms with Crippen molar-refractivity contribution in [2.24, 2.45) is 0 Å². The molecule has 0 aliphatic carbocycles. The van der Waals surface area contributed by atoms with Crippen molar-refractivity contribution in [2.75, 3.05) is 33.0 Å². The highest BCUT2D eigenvalue weighted by Crippen LogP contribution is 2.35. The molecule has 6 nitrogen and oxygen atoms in total. The lowest BCUT2D eigenvalue weighted by molar-refractivity contribution is 0.0978. The van der Waals surface area contributed by atoms with Gasteiger partial charge < -0.3 is 24.6 Å². The summed E-state index contributed by atoms with van der Waals surface area (Å²) in [6, 6.07) is 16.5. The molecule has 2 heterocycles. The molecule has 1 fully saturated rings. The van der Waals surface area contributed by atoms with Crippen molar-refractivity contribution in [1.82, 2.24) is 10.2 Å². The van der Waals surface area contributed by atoms with E-state index in [0.29, 0.717) is 24.1 Å². The molecule has 4 rings (SSSR count). The average Bonchev–Trinajstić information content (AvgIpc) is 3.20. The number of fused-ring (bicyclic) bond motifs is 1. The number of aliphatic hydroxyl groups is 1. The third-order valence-electron chi connectivity index (χ3n) is 5.27. The summed E-state index contributed by atoms with van der Waals surface area (Å²) in [5.41, 5.74) is 1.37. The summed E-state index contributed by atoms with van der Waals surface area (Å²) in [4.78, 5) is 2.49. The fourth-order valence-corrected chi connectivity index (χ4v) is 3.66. The number of benzene rings is 2. The van der Waals surface area contributed by atoms with Gasteiger partial charge in [0, 0.05) is 25.2 Å². The summed E-state index contributed by atoms with van der Waals surface area (Å²) in [5.74, 6) is 2.10. The van der Waals surface area contributed by atoms with E-state index in [1.165, 1.54) is 5.56 Å². The Morgan fingerprint density at radius 3 is 2.68 bits per heavy atom. The van der Waals surface area contributed by atoms with Crippen LogP contribution in [0.5, 0.6) is 17.2 Å². The highest BCUT2D eigenvalue weighted by molar-refractivity contribution is 5.46. The first-order chi connectivity index (χ1) is 13.8. The lowest BCUT2D eigenvalue weighted by Gasteiger charge is -2.33. The van der Waals surface area contributed by atoms with Gasteiger partial charge in [-0.2, -0.15) is 0 Å². The maximum Gasteiger partial charge on any atom is 0.231 e. The monoisotopic (exact) mass is 384 g/mol. The van der Waals surface area contributed by atoms with Crippen molar-refractivity contribution in [3.05, 3.63) is 54.1 Å². The van der Waals surface area contributed by atoms with Gasteiger partial charge in [-0.05, 0) is 43.6 Å². The first-order valence-corrected chi connectivity index (χ1v) is 9.96. The molecular weight excluding hydrogens is 356 g/mol. The Morgan fingerprint density at radius 1 is 1.07 bits per heavy atom. The molecule has 2 aromatic carbocycles. The molecule has 2 aromatic rings. The van der Waals surface area contributed by atoms with Crippen LogP contribution in [0, 0.1) is 0 Å². The van der Waals surface area contributed by atoms with Crippen LogP contribution in [0.4, 0.5) is 0 Å². The zero-order valence-electron chi connectivity index (χ0n) is 16.0. The number of nitrogens with one attached hydrogen (secondary N) is 1. The number of hydrogen-bond acceptors (Lipinski definition) is 6. The Balaban J connectivity index is 1.13. The highest BCUT2D eigenvalue weighted by Gasteiger charge is 2.20. The molecule has 2 aliphatic rings. The molecule has 2 N–H and O–H groups in total.